The van der Waals surface area contributed by atoms with Crippen molar-refractivity contribution in [1.82, 2.24) is 4.90 Å². The molecule has 10 nitrogen and oxygen atoms in total. The Morgan fingerprint density at radius 3 is 2.25 bits per heavy atom. The van der Waals surface area contributed by atoms with Crippen LogP contribution in [-0.2, 0) is 9.59 Å². The number of rotatable bonds is 6. The van der Waals surface area contributed by atoms with Crippen LogP contribution in [0, 0.1) is 11.3 Å². The number of β-amino-alcohol motifs (C(OH)–C–C–N with tert-alkyl or cyclic N) is 1. The van der Waals surface area contributed by atoms with Gasteiger partial charge in [-0.2, -0.15) is 5.26 Å². The summed E-state index contributed by atoms with van der Waals surface area (Å²) in [5.74, 6) is -3.83. The van der Waals surface area contributed by atoms with Crippen LogP contribution in [0.4, 0.5) is 0 Å². The number of furan rings is 1. The minimum Gasteiger partial charge on any atom is -0.478 e. The number of aliphatic hydroxyl groups excluding tert-OH is 1. The van der Waals surface area contributed by atoms with E-state index in [4.69, 9.17) is 9.52 Å². The third-order valence-electron chi connectivity index (χ3n) is 4.77. The number of nitriles is 1. The zero-order valence-corrected chi connectivity index (χ0v) is 16.7. The maximum Gasteiger partial charge on any atom is 0.335 e. The van der Waals surface area contributed by atoms with Gasteiger partial charge in [0, 0.05) is 11.1 Å². The lowest BCUT2D eigenvalue weighted by Crippen LogP contribution is -2.44. The predicted molar refractivity (Wildman–Crippen MR) is 108 cm³/mol. The average Bonchev–Trinajstić information content (AvgIpc) is 3.23. The van der Waals surface area contributed by atoms with Crippen LogP contribution in [-0.4, -0.2) is 57.1 Å². The molecule has 0 fully saturated rings. The molecule has 0 bridgehead atoms. The van der Waals surface area contributed by atoms with Gasteiger partial charge in [0.2, 0.25) is 0 Å². The molecule has 1 aromatic carbocycles. The summed E-state index contributed by atoms with van der Waals surface area (Å²) in [5, 5.41) is 36.9. The Hall–Kier alpha value is -4.49. The van der Waals surface area contributed by atoms with Gasteiger partial charge in [0.05, 0.1) is 24.3 Å². The molecule has 0 spiro atoms. The van der Waals surface area contributed by atoms with Crippen LogP contribution in [0.2, 0.25) is 0 Å². The number of benzene rings is 1. The number of aliphatic hydroxyl groups is 1. The van der Waals surface area contributed by atoms with Crippen LogP contribution in [0.3, 0.4) is 0 Å². The van der Waals surface area contributed by atoms with Crippen molar-refractivity contribution in [3.8, 4) is 17.4 Å². The maximum atomic E-state index is 12.7. The molecule has 3 rings (SSSR count). The van der Waals surface area contributed by atoms with Gasteiger partial charge in [-0.1, -0.05) is 0 Å². The summed E-state index contributed by atoms with van der Waals surface area (Å²) in [7, 11) is 0. The number of hydrogen-bond donors (Lipinski definition) is 3. The van der Waals surface area contributed by atoms with E-state index in [1.54, 1.807) is 6.07 Å². The Morgan fingerprint density at radius 2 is 1.72 bits per heavy atom. The first-order valence-electron chi connectivity index (χ1n) is 9.20. The molecule has 0 aliphatic carbocycles. The first-order valence-corrected chi connectivity index (χ1v) is 9.20. The standard InChI is InChI=1S/C22H16N2O8/c1-11-16(19(26)24(4-5-25)20(27)17(11)10-23)9-15-2-3-18(32-15)12-6-13(21(28)29)8-14(7-12)22(30)31/h2-3,6-9,25H,4-5H2,1H3,(H,28,29)(H,30,31)/b16-9+. The molecule has 32 heavy (non-hydrogen) atoms. The van der Waals surface area contributed by atoms with Gasteiger partial charge in [0.25, 0.3) is 11.8 Å². The van der Waals surface area contributed by atoms with Crippen molar-refractivity contribution in [2.75, 3.05) is 13.2 Å². The van der Waals surface area contributed by atoms with Crippen molar-refractivity contribution in [2.45, 2.75) is 6.92 Å². The van der Waals surface area contributed by atoms with Crippen LogP contribution < -0.4 is 0 Å². The third kappa shape index (κ3) is 4.05. The van der Waals surface area contributed by atoms with Crippen LogP contribution in [0.5, 0.6) is 0 Å². The summed E-state index contributed by atoms with van der Waals surface area (Å²) in [4.78, 5) is 48.4. The minimum absolute atomic E-state index is 0.0148. The number of aromatic carboxylic acids is 2. The molecule has 3 N–H and O–H groups in total. The van der Waals surface area contributed by atoms with Crippen LogP contribution in [0.15, 0.2) is 51.5 Å². The molecule has 0 saturated heterocycles. The van der Waals surface area contributed by atoms with Gasteiger partial charge in [-0.15, -0.1) is 0 Å². The summed E-state index contributed by atoms with van der Waals surface area (Å²) < 4.78 is 5.66. The van der Waals surface area contributed by atoms with E-state index in [2.05, 4.69) is 0 Å². The van der Waals surface area contributed by atoms with Gasteiger partial charge < -0.3 is 19.7 Å². The smallest absolute Gasteiger partial charge is 0.335 e. The second kappa shape index (κ2) is 8.71. The van der Waals surface area contributed by atoms with Crippen molar-refractivity contribution in [3.05, 3.63) is 63.9 Å². The van der Waals surface area contributed by atoms with Crippen LogP contribution in [0.1, 0.15) is 33.4 Å². The summed E-state index contributed by atoms with van der Waals surface area (Å²) in [5.41, 5.74) is -0.361. The molecule has 1 aromatic heterocycles. The van der Waals surface area contributed by atoms with E-state index in [1.165, 1.54) is 37.3 Å². The number of carbonyl (C=O) groups excluding carboxylic acids is 2. The van der Waals surface area contributed by atoms with Crippen molar-refractivity contribution in [2.24, 2.45) is 0 Å². The quantitative estimate of drug-likeness (QED) is 0.452. The zero-order valence-electron chi connectivity index (χ0n) is 16.7. The molecule has 2 amide bonds. The summed E-state index contributed by atoms with van der Waals surface area (Å²) >= 11 is 0. The number of nitrogens with zero attached hydrogens (tertiary/aromatic N) is 2. The molecule has 1 aliphatic rings. The summed E-state index contributed by atoms with van der Waals surface area (Å²) in [6.07, 6.45) is 1.31. The van der Waals surface area contributed by atoms with E-state index in [-0.39, 0.29) is 51.5 Å². The summed E-state index contributed by atoms with van der Waals surface area (Å²) in [6, 6.07) is 8.21. The van der Waals surface area contributed by atoms with E-state index in [1.807, 2.05) is 0 Å². The third-order valence-corrected chi connectivity index (χ3v) is 4.77. The first kappa shape index (κ1) is 22.2. The van der Waals surface area contributed by atoms with Gasteiger partial charge in [0.15, 0.2) is 0 Å². The zero-order chi connectivity index (χ0) is 23.6. The van der Waals surface area contributed by atoms with E-state index >= 15 is 0 Å². The highest BCUT2D eigenvalue weighted by molar-refractivity contribution is 6.19. The van der Waals surface area contributed by atoms with E-state index < -0.39 is 30.4 Å². The van der Waals surface area contributed by atoms with Gasteiger partial charge in [0.1, 0.15) is 23.2 Å². The van der Waals surface area contributed by atoms with Gasteiger partial charge in [-0.05, 0) is 48.9 Å². The first-order chi connectivity index (χ1) is 15.2. The van der Waals surface area contributed by atoms with Crippen LogP contribution >= 0.6 is 0 Å². The van der Waals surface area contributed by atoms with E-state index in [0.717, 1.165) is 11.0 Å². The predicted octanol–water partition coefficient (Wildman–Crippen LogP) is 1.93. The molecule has 2 aromatic rings. The Labute approximate surface area is 180 Å². The molecule has 0 saturated carbocycles. The average molecular weight is 436 g/mol. The van der Waals surface area contributed by atoms with Crippen molar-refractivity contribution >= 4 is 29.8 Å². The highest BCUT2D eigenvalue weighted by Gasteiger charge is 2.35. The maximum absolute atomic E-state index is 12.7. The topological polar surface area (TPSA) is 169 Å². The van der Waals surface area contributed by atoms with Gasteiger partial charge in [-0.25, -0.2) is 9.59 Å². The fourth-order valence-electron chi connectivity index (χ4n) is 3.18. The molecule has 1 aliphatic heterocycles. The monoisotopic (exact) mass is 436 g/mol. The molecule has 0 radical (unpaired) electrons. The molecule has 162 valence electrons. The fraction of sp³-hybridized carbons (Fsp3) is 0.136. The largest absolute Gasteiger partial charge is 0.478 e. The normalized spacial score (nSPS) is 15.3. The molecule has 0 atom stereocenters. The number of carbonyl (C=O) groups is 4. The fourth-order valence-corrected chi connectivity index (χ4v) is 3.18. The number of imide groups is 1. The van der Waals surface area contributed by atoms with Crippen molar-refractivity contribution < 1.29 is 38.9 Å². The molecule has 10 heteroatoms. The summed E-state index contributed by atoms with van der Waals surface area (Å²) in [6.45, 7) is 0.686. The van der Waals surface area contributed by atoms with Gasteiger partial charge in [-0.3, -0.25) is 14.5 Å². The number of amides is 2. The number of carboxylic acids is 2. The lowest BCUT2D eigenvalue weighted by Gasteiger charge is -2.26. The SMILES string of the molecule is CC1=C(C#N)C(=O)N(CCO)C(=O)/C1=C/c1ccc(-c2cc(C(=O)O)cc(C(=O)O)c2)o1. The Bertz CT molecular complexity index is 1230. The van der Waals surface area contributed by atoms with E-state index in [9.17, 15) is 34.7 Å². The van der Waals surface area contributed by atoms with Crippen molar-refractivity contribution in [3.63, 3.8) is 0 Å². The highest BCUT2D eigenvalue weighted by Crippen LogP contribution is 2.30. The Balaban J connectivity index is 2.07. The van der Waals surface area contributed by atoms with E-state index in [0.29, 0.717) is 0 Å². The van der Waals surface area contributed by atoms with Crippen molar-refractivity contribution in [1.29, 1.82) is 5.26 Å². The second-order valence-corrected chi connectivity index (χ2v) is 6.77. The van der Waals surface area contributed by atoms with Gasteiger partial charge >= 0.3 is 11.9 Å². The Morgan fingerprint density at radius 1 is 1.09 bits per heavy atom. The molecule has 2 heterocycles. The number of hydrogen-bond acceptors (Lipinski definition) is 7. The number of carboxylic acid groups (broad SMARTS) is 2. The highest BCUT2D eigenvalue weighted by atomic mass is 16.4. The Kier molecular flexibility index (Phi) is 6.04. The molecular weight excluding hydrogens is 420 g/mol. The molecular formula is C22H16N2O8. The molecule has 0 unspecified atom stereocenters. The second-order valence-electron chi connectivity index (χ2n) is 6.77. The van der Waals surface area contributed by atoms with Crippen LogP contribution in [0.25, 0.3) is 17.4 Å². The lowest BCUT2D eigenvalue weighted by molar-refractivity contribution is -0.141. The lowest BCUT2D eigenvalue weighted by atomic mass is 9.95. The minimum atomic E-state index is -1.31.